The molecule has 0 aliphatic carbocycles. The van der Waals surface area contributed by atoms with Crippen LogP contribution < -0.4 is 11.1 Å². The van der Waals surface area contributed by atoms with Gasteiger partial charge >= 0.3 is 0 Å². The van der Waals surface area contributed by atoms with Crippen LogP contribution >= 0.6 is 0 Å². The van der Waals surface area contributed by atoms with Gasteiger partial charge in [0.1, 0.15) is 0 Å². The predicted molar refractivity (Wildman–Crippen MR) is 57.7 cm³/mol. The number of amidine groups is 1. The van der Waals surface area contributed by atoms with Gasteiger partial charge in [0, 0.05) is 18.7 Å². The number of aliphatic hydroxyl groups excluding tert-OH is 1. The molecule has 5 heteroatoms. The quantitative estimate of drug-likeness (QED) is 0.179. The maximum atomic E-state index is 8.62. The molecule has 0 heterocycles. The van der Waals surface area contributed by atoms with Crippen LogP contribution in [-0.2, 0) is 6.54 Å². The topological polar surface area (TPSA) is 90.9 Å². The lowest BCUT2D eigenvalue weighted by molar-refractivity contribution is 0.292. The average Bonchev–Trinajstić information content (AvgIpc) is 2.29. The van der Waals surface area contributed by atoms with Crippen molar-refractivity contribution in [3.8, 4) is 0 Å². The molecule has 0 aliphatic rings. The van der Waals surface area contributed by atoms with Gasteiger partial charge in [-0.3, -0.25) is 0 Å². The molecule has 0 atom stereocenters. The molecule has 15 heavy (non-hydrogen) atoms. The minimum Gasteiger partial charge on any atom is -0.409 e. The fraction of sp³-hybridized carbons (Fsp3) is 0.300. The van der Waals surface area contributed by atoms with Gasteiger partial charge in [-0.2, -0.15) is 0 Å². The Balaban J connectivity index is 2.77. The summed E-state index contributed by atoms with van der Waals surface area (Å²) in [4.78, 5) is 0. The molecule has 0 aliphatic heterocycles. The molecule has 0 unspecified atom stereocenters. The highest BCUT2D eigenvalue weighted by Gasteiger charge is 2.04. The highest BCUT2D eigenvalue weighted by Crippen LogP contribution is 2.07. The molecule has 0 amide bonds. The third-order valence-corrected chi connectivity index (χ3v) is 2.01. The van der Waals surface area contributed by atoms with Crippen molar-refractivity contribution in [1.82, 2.24) is 5.32 Å². The molecule has 5 nitrogen and oxygen atoms in total. The zero-order valence-corrected chi connectivity index (χ0v) is 8.35. The van der Waals surface area contributed by atoms with E-state index in [0.29, 0.717) is 18.7 Å². The standard InChI is InChI=1S/C10H15N3O2/c11-10(13-15)9-4-2-1-3-8(9)7-12-5-6-14/h1-4,12,14-15H,5-7H2,(H2,11,13). The number of hydrogen-bond donors (Lipinski definition) is 4. The Hall–Kier alpha value is -1.59. The summed E-state index contributed by atoms with van der Waals surface area (Å²) in [5.74, 6) is 0.0939. The van der Waals surface area contributed by atoms with Crippen molar-refractivity contribution in [3.05, 3.63) is 35.4 Å². The SMILES string of the molecule is NC(=NO)c1ccccc1CNCCO. The van der Waals surface area contributed by atoms with Gasteiger partial charge in [-0.25, -0.2) is 0 Å². The molecule has 1 aromatic rings. The summed E-state index contributed by atoms with van der Waals surface area (Å²) >= 11 is 0. The molecule has 0 radical (unpaired) electrons. The second-order valence-electron chi connectivity index (χ2n) is 3.04. The van der Waals surface area contributed by atoms with Gasteiger partial charge in [0.2, 0.25) is 0 Å². The van der Waals surface area contributed by atoms with Gasteiger partial charge < -0.3 is 21.4 Å². The fourth-order valence-electron chi connectivity index (χ4n) is 1.28. The van der Waals surface area contributed by atoms with Crippen molar-refractivity contribution in [3.63, 3.8) is 0 Å². The second kappa shape index (κ2) is 6.00. The average molecular weight is 209 g/mol. The molecule has 1 rings (SSSR count). The van der Waals surface area contributed by atoms with Crippen LogP contribution in [0.5, 0.6) is 0 Å². The number of nitrogens with zero attached hydrogens (tertiary/aromatic N) is 1. The molecule has 82 valence electrons. The van der Waals surface area contributed by atoms with Crippen LogP contribution in [0.2, 0.25) is 0 Å². The zero-order chi connectivity index (χ0) is 11.1. The first-order valence-electron chi connectivity index (χ1n) is 4.67. The van der Waals surface area contributed by atoms with E-state index in [9.17, 15) is 0 Å². The smallest absolute Gasteiger partial charge is 0.170 e. The molecule has 0 bridgehead atoms. The van der Waals surface area contributed by atoms with Crippen LogP contribution in [0.3, 0.4) is 0 Å². The number of nitrogens with one attached hydrogen (secondary N) is 1. The number of oxime groups is 1. The Morgan fingerprint density at radius 2 is 2.13 bits per heavy atom. The van der Waals surface area contributed by atoms with Crippen LogP contribution in [0, 0.1) is 0 Å². The highest BCUT2D eigenvalue weighted by atomic mass is 16.4. The largest absolute Gasteiger partial charge is 0.409 e. The normalized spacial score (nSPS) is 11.7. The predicted octanol–water partition coefficient (Wildman–Crippen LogP) is -0.137. The Morgan fingerprint density at radius 1 is 1.40 bits per heavy atom. The molecule has 0 saturated heterocycles. The van der Waals surface area contributed by atoms with E-state index in [2.05, 4.69) is 10.5 Å². The molecular formula is C10H15N3O2. The summed E-state index contributed by atoms with van der Waals surface area (Å²) in [6, 6.07) is 7.37. The maximum Gasteiger partial charge on any atom is 0.170 e. The highest BCUT2D eigenvalue weighted by molar-refractivity contribution is 5.98. The van der Waals surface area contributed by atoms with Crippen molar-refractivity contribution in [2.45, 2.75) is 6.54 Å². The van der Waals surface area contributed by atoms with Crippen molar-refractivity contribution in [2.75, 3.05) is 13.2 Å². The first-order chi connectivity index (χ1) is 7.29. The van der Waals surface area contributed by atoms with Crippen molar-refractivity contribution in [2.24, 2.45) is 10.9 Å². The molecular weight excluding hydrogens is 194 g/mol. The Labute approximate surface area is 88.2 Å². The van der Waals surface area contributed by atoms with Crippen molar-refractivity contribution in [1.29, 1.82) is 0 Å². The third-order valence-electron chi connectivity index (χ3n) is 2.01. The minimum absolute atomic E-state index is 0.0890. The van der Waals surface area contributed by atoms with Gasteiger partial charge in [0.15, 0.2) is 5.84 Å². The zero-order valence-electron chi connectivity index (χ0n) is 8.35. The molecule has 0 spiro atoms. The summed E-state index contributed by atoms with van der Waals surface area (Å²) in [7, 11) is 0. The minimum atomic E-state index is 0.0890. The van der Waals surface area contributed by atoms with Crippen LogP contribution in [0.25, 0.3) is 0 Å². The van der Waals surface area contributed by atoms with Crippen molar-refractivity contribution < 1.29 is 10.3 Å². The number of aliphatic hydroxyl groups is 1. The monoisotopic (exact) mass is 209 g/mol. The first kappa shape index (κ1) is 11.5. The van der Waals surface area contributed by atoms with E-state index < -0.39 is 0 Å². The Bertz CT molecular complexity index is 339. The van der Waals surface area contributed by atoms with E-state index in [-0.39, 0.29) is 12.4 Å². The lowest BCUT2D eigenvalue weighted by atomic mass is 10.1. The maximum absolute atomic E-state index is 8.62. The summed E-state index contributed by atoms with van der Waals surface area (Å²) in [5.41, 5.74) is 7.15. The number of hydrogen-bond acceptors (Lipinski definition) is 4. The van der Waals surface area contributed by atoms with Gasteiger partial charge in [0.25, 0.3) is 0 Å². The summed E-state index contributed by atoms with van der Waals surface area (Å²) in [6.45, 7) is 1.18. The summed E-state index contributed by atoms with van der Waals surface area (Å²) in [5, 5.41) is 23.2. The van der Waals surface area contributed by atoms with Gasteiger partial charge in [-0.15, -0.1) is 0 Å². The van der Waals surface area contributed by atoms with Crippen LogP contribution in [0.1, 0.15) is 11.1 Å². The lowest BCUT2D eigenvalue weighted by Crippen LogP contribution is -2.21. The van der Waals surface area contributed by atoms with Gasteiger partial charge in [-0.1, -0.05) is 29.4 Å². The molecule has 1 aromatic carbocycles. The van der Waals surface area contributed by atoms with Gasteiger partial charge in [0.05, 0.1) is 6.61 Å². The third kappa shape index (κ3) is 3.23. The molecule has 5 N–H and O–H groups in total. The summed E-state index contributed by atoms with van der Waals surface area (Å²) in [6.07, 6.45) is 0. The second-order valence-corrected chi connectivity index (χ2v) is 3.04. The number of benzene rings is 1. The summed E-state index contributed by atoms with van der Waals surface area (Å²) < 4.78 is 0. The Morgan fingerprint density at radius 3 is 2.80 bits per heavy atom. The number of nitrogens with two attached hydrogens (primary N) is 1. The van der Waals surface area contributed by atoms with E-state index in [0.717, 1.165) is 5.56 Å². The lowest BCUT2D eigenvalue weighted by Gasteiger charge is -2.08. The van der Waals surface area contributed by atoms with Crippen molar-refractivity contribution >= 4 is 5.84 Å². The van der Waals surface area contributed by atoms with Crippen LogP contribution in [0.15, 0.2) is 29.4 Å². The fourth-order valence-corrected chi connectivity index (χ4v) is 1.28. The van der Waals surface area contributed by atoms with Crippen LogP contribution in [-0.4, -0.2) is 29.3 Å². The number of rotatable bonds is 5. The first-order valence-corrected chi connectivity index (χ1v) is 4.67. The van der Waals surface area contributed by atoms with E-state index >= 15 is 0 Å². The molecule has 0 fully saturated rings. The van der Waals surface area contributed by atoms with Gasteiger partial charge in [-0.05, 0) is 5.56 Å². The van der Waals surface area contributed by atoms with Crippen LogP contribution in [0.4, 0.5) is 0 Å². The van der Waals surface area contributed by atoms with E-state index in [1.54, 1.807) is 6.07 Å². The van der Waals surface area contributed by atoms with E-state index in [1.807, 2.05) is 18.2 Å². The molecule has 0 saturated carbocycles. The van der Waals surface area contributed by atoms with E-state index in [1.165, 1.54) is 0 Å². The Kier molecular flexibility index (Phi) is 4.59. The van der Waals surface area contributed by atoms with E-state index in [4.69, 9.17) is 16.0 Å². The molecule has 0 aromatic heterocycles.